The van der Waals surface area contributed by atoms with E-state index in [4.69, 9.17) is 4.74 Å². The van der Waals surface area contributed by atoms with Crippen LogP contribution in [0.25, 0.3) is 6.08 Å². The molecule has 24 heavy (non-hydrogen) atoms. The van der Waals surface area contributed by atoms with Crippen LogP contribution < -0.4 is 0 Å². The van der Waals surface area contributed by atoms with Gasteiger partial charge in [-0.1, -0.05) is 55.3 Å². The average molecular weight is 327 g/mol. The van der Waals surface area contributed by atoms with Gasteiger partial charge in [0.1, 0.15) is 0 Å². The minimum absolute atomic E-state index is 0.284. The van der Waals surface area contributed by atoms with Gasteiger partial charge in [-0.05, 0) is 37.7 Å². The van der Waals surface area contributed by atoms with Crippen LogP contribution in [-0.4, -0.2) is 36.1 Å². The number of amides is 1. The van der Waals surface area contributed by atoms with Gasteiger partial charge in [-0.15, -0.1) is 0 Å². The van der Waals surface area contributed by atoms with Crippen LogP contribution in [-0.2, 0) is 9.53 Å². The third-order valence-corrected chi connectivity index (χ3v) is 5.12. The number of carbonyl (C=O) groups is 1. The summed E-state index contributed by atoms with van der Waals surface area (Å²) in [4.78, 5) is 14.3. The highest BCUT2D eigenvalue weighted by molar-refractivity contribution is 5.76. The van der Waals surface area contributed by atoms with Gasteiger partial charge in [0.15, 0.2) is 0 Å². The molecule has 0 aromatic heterocycles. The lowest BCUT2D eigenvalue weighted by Crippen LogP contribution is -2.41. The van der Waals surface area contributed by atoms with Crippen LogP contribution >= 0.6 is 0 Å². The number of rotatable bonds is 6. The SMILES string of the molecule is O=C(CC/C=C/c1ccccc1)N1CCC(OC2CCCC2)CC1. The molecule has 1 saturated carbocycles. The first-order valence-electron chi connectivity index (χ1n) is 9.46. The second-order valence-electron chi connectivity index (χ2n) is 6.97. The van der Waals surface area contributed by atoms with E-state index in [1.807, 2.05) is 23.1 Å². The van der Waals surface area contributed by atoms with E-state index < -0.39 is 0 Å². The predicted octanol–water partition coefficient (Wildman–Crippen LogP) is 4.43. The monoisotopic (exact) mass is 327 g/mol. The lowest BCUT2D eigenvalue weighted by Gasteiger charge is -2.33. The fraction of sp³-hybridized carbons (Fsp3) is 0.571. The number of hydrogen-bond acceptors (Lipinski definition) is 2. The molecular formula is C21H29NO2. The molecule has 1 aromatic rings. The van der Waals surface area contributed by atoms with Crippen molar-refractivity contribution >= 4 is 12.0 Å². The van der Waals surface area contributed by atoms with Crippen molar-refractivity contribution in [2.75, 3.05) is 13.1 Å². The minimum Gasteiger partial charge on any atom is -0.375 e. The molecule has 1 aromatic carbocycles. The Kier molecular flexibility index (Phi) is 6.48. The van der Waals surface area contributed by atoms with Crippen molar-refractivity contribution in [3.05, 3.63) is 42.0 Å². The van der Waals surface area contributed by atoms with Crippen LogP contribution in [0.3, 0.4) is 0 Å². The fourth-order valence-corrected chi connectivity index (χ4v) is 3.69. The van der Waals surface area contributed by atoms with E-state index in [0.29, 0.717) is 18.6 Å². The van der Waals surface area contributed by atoms with E-state index in [-0.39, 0.29) is 5.91 Å². The summed E-state index contributed by atoms with van der Waals surface area (Å²) >= 11 is 0. The smallest absolute Gasteiger partial charge is 0.222 e. The molecule has 2 aliphatic rings. The first kappa shape index (κ1) is 17.2. The highest BCUT2D eigenvalue weighted by atomic mass is 16.5. The summed E-state index contributed by atoms with van der Waals surface area (Å²) in [5.41, 5.74) is 1.19. The maximum atomic E-state index is 12.3. The maximum Gasteiger partial charge on any atom is 0.222 e. The van der Waals surface area contributed by atoms with Gasteiger partial charge in [-0.2, -0.15) is 0 Å². The highest BCUT2D eigenvalue weighted by Gasteiger charge is 2.26. The number of piperidine rings is 1. The van der Waals surface area contributed by atoms with E-state index in [9.17, 15) is 4.79 Å². The second kappa shape index (κ2) is 9.03. The Morgan fingerprint density at radius 3 is 2.42 bits per heavy atom. The van der Waals surface area contributed by atoms with E-state index in [2.05, 4.69) is 24.3 Å². The molecule has 0 atom stereocenters. The van der Waals surface area contributed by atoms with Gasteiger partial charge in [0.25, 0.3) is 0 Å². The Hall–Kier alpha value is -1.61. The first-order valence-corrected chi connectivity index (χ1v) is 9.46. The number of nitrogens with zero attached hydrogens (tertiary/aromatic N) is 1. The number of allylic oxidation sites excluding steroid dienone is 1. The Morgan fingerprint density at radius 1 is 1.04 bits per heavy atom. The third-order valence-electron chi connectivity index (χ3n) is 5.12. The van der Waals surface area contributed by atoms with Crippen molar-refractivity contribution in [1.82, 2.24) is 4.90 Å². The summed E-state index contributed by atoms with van der Waals surface area (Å²) in [5, 5.41) is 0. The third kappa shape index (κ3) is 5.20. The number of hydrogen-bond donors (Lipinski definition) is 0. The molecule has 0 spiro atoms. The van der Waals surface area contributed by atoms with Gasteiger partial charge in [0.05, 0.1) is 12.2 Å². The maximum absolute atomic E-state index is 12.3. The van der Waals surface area contributed by atoms with Crippen molar-refractivity contribution in [2.45, 2.75) is 63.6 Å². The molecular weight excluding hydrogens is 298 g/mol. The lowest BCUT2D eigenvalue weighted by molar-refractivity contribution is -0.134. The topological polar surface area (TPSA) is 29.5 Å². The van der Waals surface area contributed by atoms with Crippen molar-refractivity contribution in [3.63, 3.8) is 0 Å². The second-order valence-corrected chi connectivity index (χ2v) is 6.97. The Balaban J connectivity index is 1.33. The molecule has 1 amide bonds. The van der Waals surface area contributed by atoms with Gasteiger partial charge in [0, 0.05) is 19.5 Å². The van der Waals surface area contributed by atoms with Crippen LogP contribution in [0.2, 0.25) is 0 Å². The molecule has 3 nitrogen and oxygen atoms in total. The minimum atomic E-state index is 0.284. The Bertz CT molecular complexity index is 526. The van der Waals surface area contributed by atoms with E-state index in [0.717, 1.165) is 32.4 Å². The molecule has 1 aliphatic heterocycles. The van der Waals surface area contributed by atoms with Gasteiger partial charge in [-0.25, -0.2) is 0 Å². The summed E-state index contributed by atoms with van der Waals surface area (Å²) in [6.07, 6.45) is 13.6. The summed E-state index contributed by atoms with van der Waals surface area (Å²) in [6, 6.07) is 10.2. The number of likely N-dealkylation sites (tertiary alicyclic amines) is 1. The zero-order chi connectivity index (χ0) is 16.6. The lowest BCUT2D eigenvalue weighted by atomic mass is 10.1. The molecule has 1 heterocycles. The molecule has 0 bridgehead atoms. The summed E-state index contributed by atoms with van der Waals surface area (Å²) < 4.78 is 6.18. The number of ether oxygens (including phenoxy) is 1. The zero-order valence-electron chi connectivity index (χ0n) is 14.5. The van der Waals surface area contributed by atoms with Gasteiger partial charge in [-0.3, -0.25) is 4.79 Å². The van der Waals surface area contributed by atoms with E-state index in [1.54, 1.807) is 0 Å². The van der Waals surface area contributed by atoms with Gasteiger partial charge < -0.3 is 9.64 Å². The molecule has 3 rings (SSSR count). The molecule has 0 unspecified atom stereocenters. The normalized spacial score (nSPS) is 20.1. The van der Waals surface area contributed by atoms with Crippen LogP contribution in [0, 0.1) is 0 Å². The van der Waals surface area contributed by atoms with Gasteiger partial charge in [0.2, 0.25) is 5.91 Å². The molecule has 0 N–H and O–H groups in total. The molecule has 130 valence electrons. The van der Waals surface area contributed by atoms with Crippen molar-refractivity contribution in [1.29, 1.82) is 0 Å². The summed E-state index contributed by atoms with van der Waals surface area (Å²) in [6.45, 7) is 1.72. The average Bonchev–Trinajstić information content (AvgIpc) is 3.13. The Morgan fingerprint density at radius 2 is 1.71 bits per heavy atom. The zero-order valence-corrected chi connectivity index (χ0v) is 14.5. The highest BCUT2D eigenvalue weighted by Crippen LogP contribution is 2.25. The van der Waals surface area contributed by atoms with Crippen LogP contribution in [0.5, 0.6) is 0 Å². The molecule has 1 saturated heterocycles. The number of benzene rings is 1. The van der Waals surface area contributed by atoms with Gasteiger partial charge >= 0.3 is 0 Å². The van der Waals surface area contributed by atoms with E-state index >= 15 is 0 Å². The summed E-state index contributed by atoms with van der Waals surface area (Å²) in [7, 11) is 0. The molecule has 3 heteroatoms. The van der Waals surface area contributed by atoms with E-state index in [1.165, 1.54) is 31.2 Å². The first-order chi connectivity index (χ1) is 11.8. The Labute approximate surface area is 145 Å². The summed E-state index contributed by atoms with van der Waals surface area (Å²) in [5.74, 6) is 0.284. The standard InChI is InChI=1S/C21H29NO2/c23-21(13-7-4-10-18-8-2-1-3-9-18)22-16-14-20(15-17-22)24-19-11-5-6-12-19/h1-4,8-10,19-20H,5-7,11-17H2/b10-4+. The van der Waals surface area contributed by atoms with Crippen molar-refractivity contribution < 1.29 is 9.53 Å². The quantitative estimate of drug-likeness (QED) is 0.773. The molecule has 1 aliphatic carbocycles. The van der Waals surface area contributed by atoms with Crippen molar-refractivity contribution in [2.24, 2.45) is 0 Å². The van der Waals surface area contributed by atoms with Crippen LogP contribution in [0.4, 0.5) is 0 Å². The molecule has 0 radical (unpaired) electrons. The fourth-order valence-electron chi connectivity index (χ4n) is 3.69. The predicted molar refractivity (Wildman–Crippen MR) is 97.7 cm³/mol. The van der Waals surface area contributed by atoms with Crippen molar-refractivity contribution in [3.8, 4) is 0 Å². The largest absolute Gasteiger partial charge is 0.375 e. The number of carbonyl (C=O) groups excluding carboxylic acids is 1. The van der Waals surface area contributed by atoms with Crippen LogP contribution in [0.1, 0.15) is 56.9 Å². The van der Waals surface area contributed by atoms with Crippen LogP contribution in [0.15, 0.2) is 36.4 Å². The molecule has 2 fully saturated rings.